The van der Waals surface area contributed by atoms with Crippen LogP contribution >= 0.6 is 22.6 Å². The third-order valence-corrected chi connectivity index (χ3v) is 3.99. The van der Waals surface area contributed by atoms with Crippen molar-refractivity contribution < 1.29 is 4.74 Å². The van der Waals surface area contributed by atoms with Crippen LogP contribution in [0.3, 0.4) is 0 Å². The lowest BCUT2D eigenvalue weighted by Crippen LogP contribution is -2.21. The summed E-state index contributed by atoms with van der Waals surface area (Å²) < 4.78 is 7.96. The van der Waals surface area contributed by atoms with E-state index in [0.717, 1.165) is 20.4 Å². The molecule has 1 heterocycles. The molecule has 3 aromatic rings. The molecule has 0 spiro atoms. The first-order chi connectivity index (χ1) is 10.2. The highest BCUT2D eigenvalue weighted by atomic mass is 127. The van der Waals surface area contributed by atoms with Gasteiger partial charge in [0.1, 0.15) is 5.75 Å². The zero-order valence-corrected chi connectivity index (χ0v) is 13.6. The largest absolute Gasteiger partial charge is 0.496 e. The molecule has 0 unspecified atom stereocenters. The van der Waals surface area contributed by atoms with E-state index in [1.807, 2.05) is 42.5 Å². The second-order valence-electron chi connectivity index (χ2n) is 4.65. The van der Waals surface area contributed by atoms with Gasteiger partial charge in [-0.15, -0.1) is 0 Å². The van der Waals surface area contributed by atoms with Crippen molar-refractivity contribution in [2.24, 2.45) is 0 Å². The molecule has 0 N–H and O–H groups in total. The van der Waals surface area contributed by atoms with Crippen molar-refractivity contribution in [3.8, 4) is 5.75 Å². The Morgan fingerprint density at radius 2 is 2.05 bits per heavy atom. The third kappa shape index (κ3) is 2.78. The highest BCUT2D eigenvalue weighted by Crippen LogP contribution is 2.18. The SMILES string of the molecule is COc1ccccc1Cn1cnc2ccc(I)cc2c1=O. The molecule has 0 saturated carbocycles. The van der Waals surface area contributed by atoms with E-state index in [9.17, 15) is 4.79 Å². The first-order valence-corrected chi connectivity index (χ1v) is 7.53. The molecule has 1 aromatic heterocycles. The first-order valence-electron chi connectivity index (χ1n) is 6.45. The van der Waals surface area contributed by atoms with Crippen molar-refractivity contribution in [2.75, 3.05) is 7.11 Å². The van der Waals surface area contributed by atoms with Gasteiger partial charge in [-0.1, -0.05) is 18.2 Å². The number of halogens is 1. The minimum atomic E-state index is -0.0376. The highest BCUT2D eigenvalue weighted by Gasteiger charge is 2.07. The summed E-state index contributed by atoms with van der Waals surface area (Å²) in [6, 6.07) is 13.4. The Morgan fingerprint density at radius 3 is 2.86 bits per heavy atom. The molecule has 21 heavy (non-hydrogen) atoms. The number of hydrogen-bond acceptors (Lipinski definition) is 3. The molecule has 4 nitrogen and oxygen atoms in total. The second-order valence-corrected chi connectivity index (χ2v) is 5.90. The maximum absolute atomic E-state index is 12.6. The van der Waals surface area contributed by atoms with Gasteiger partial charge in [0.25, 0.3) is 5.56 Å². The average molecular weight is 392 g/mol. The Hall–Kier alpha value is -1.89. The lowest BCUT2D eigenvalue weighted by atomic mass is 10.2. The zero-order chi connectivity index (χ0) is 14.8. The molecule has 106 valence electrons. The zero-order valence-electron chi connectivity index (χ0n) is 11.4. The van der Waals surface area contributed by atoms with Crippen LogP contribution in [0.2, 0.25) is 0 Å². The summed E-state index contributed by atoms with van der Waals surface area (Å²) >= 11 is 2.20. The lowest BCUT2D eigenvalue weighted by Gasteiger charge is -2.10. The van der Waals surface area contributed by atoms with Gasteiger partial charge in [0.05, 0.1) is 30.9 Å². The van der Waals surface area contributed by atoms with Crippen molar-refractivity contribution >= 4 is 33.5 Å². The summed E-state index contributed by atoms with van der Waals surface area (Å²) in [5, 5.41) is 0.638. The van der Waals surface area contributed by atoms with Crippen molar-refractivity contribution in [1.82, 2.24) is 9.55 Å². The van der Waals surface area contributed by atoms with Crippen LogP contribution in [0, 0.1) is 3.57 Å². The van der Waals surface area contributed by atoms with Crippen LogP contribution in [0.5, 0.6) is 5.75 Å². The predicted molar refractivity (Wildman–Crippen MR) is 90.8 cm³/mol. The van der Waals surface area contributed by atoms with E-state index in [1.54, 1.807) is 18.0 Å². The lowest BCUT2D eigenvalue weighted by molar-refractivity contribution is 0.408. The van der Waals surface area contributed by atoms with Gasteiger partial charge in [-0.25, -0.2) is 4.98 Å². The molecule has 0 aliphatic heterocycles. The Balaban J connectivity index is 2.09. The Kier molecular flexibility index (Phi) is 3.92. The molecule has 0 aliphatic carbocycles. The number of hydrogen-bond donors (Lipinski definition) is 0. The first kappa shape index (κ1) is 14.1. The fourth-order valence-electron chi connectivity index (χ4n) is 2.26. The van der Waals surface area contributed by atoms with Crippen LogP contribution in [0.1, 0.15) is 5.56 Å². The number of nitrogens with zero attached hydrogens (tertiary/aromatic N) is 2. The normalized spacial score (nSPS) is 10.8. The van der Waals surface area contributed by atoms with Crippen LogP contribution in [0.15, 0.2) is 53.6 Å². The quantitative estimate of drug-likeness (QED) is 0.644. The number of ether oxygens (including phenoxy) is 1. The number of aromatic nitrogens is 2. The Bertz CT molecular complexity index is 858. The highest BCUT2D eigenvalue weighted by molar-refractivity contribution is 14.1. The van der Waals surface area contributed by atoms with Gasteiger partial charge >= 0.3 is 0 Å². The van der Waals surface area contributed by atoms with E-state index < -0.39 is 0 Å². The fourth-order valence-corrected chi connectivity index (χ4v) is 2.75. The van der Waals surface area contributed by atoms with E-state index in [1.165, 1.54) is 0 Å². The number of benzene rings is 2. The van der Waals surface area contributed by atoms with E-state index in [-0.39, 0.29) is 5.56 Å². The smallest absolute Gasteiger partial charge is 0.261 e. The van der Waals surface area contributed by atoms with Gasteiger partial charge < -0.3 is 4.74 Å². The molecular weight excluding hydrogens is 379 g/mol. The molecule has 0 aliphatic rings. The van der Waals surface area contributed by atoms with Crippen LogP contribution < -0.4 is 10.3 Å². The molecule has 0 fully saturated rings. The minimum Gasteiger partial charge on any atom is -0.496 e. The van der Waals surface area contributed by atoms with Crippen molar-refractivity contribution in [1.29, 1.82) is 0 Å². The van der Waals surface area contributed by atoms with E-state index in [0.29, 0.717) is 11.9 Å². The van der Waals surface area contributed by atoms with Gasteiger partial charge in [-0.2, -0.15) is 0 Å². The Morgan fingerprint density at radius 1 is 1.24 bits per heavy atom. The summed E-state index contributed by atoms with van der Waals surface area (Å²) in [4.78, 5) is 16.9. The van der Waals surface area contributed by atoms with Crippen LogP contribution in [-0.2, 0) is 6.54 Å². The predicted octanol–water partition coefficient (Wildman–Crippen LogP) is 3.06. The van der Waals surface area contributed by atoms with E-state index in [2.05, 4.69) is 27.6 Å². The van der Waals surface area contributed by atoms with Gasteiger partial charge in [-0.05, 0) is 46.9 Å². The van der Waals surface area contributed by atoms with Crippen LogP contribution in [0.25, 0.3) is 10.9 Å². The van der Waals surface area contributed by atoms with Gasteiger partial charge in [0.15, 0.2) is 0 Å². The Labute approximate surface area is 135 Å². The molecule has 2 aromatic carbocycles. The van der Waals surface area contributed by atoms with Gasteiger partial charge in [0.2, 0.25) is 0 Å². The molecule has 0 radical (unpaired) electrons. The van der Waals surface area contributed by atoms with Crippen molar-refractivity contribution in [2.45, 2.75) is 6.54 Å². The van der Waals surface area contributed by atoms with Gasteiger partial charge in [-0.3, -0.25) is 9.36 Å². The molecule has 5 heteroatoms. The molecular formula is C16H13IN2O2. The average Bonchev–Trinajstić information content (AvgIpc) is 2.51. The topological polar surface area (TPSA) is 44.1 Å². The maximum atomic E-state index is 12.6. The van der Waals surface area contributed by atoms with Crippen LogP contribution in [-0.4, -0.2) is 16.7 Å². The van der Waals surface area contributed by atoms with Crippen LogP contribution in [0.4, 0.5) is 0 Å². The third-order valence-electron chi connectivity index (χ3n) is 3.32. The number of para-hydroxylation sites is 1. The summed E-state index contributed by atoms with van der Waals surface area (Å²) in [5.74, 6) is 0.770. The summed E-state index contributed by atoms with van der Waals surface area (Å²) in [6.45, 7) is 0.442. The van der Waals surface area contributed by atoms with Gasteiger partial charge in [0, 0.05) is 9.13 Å². The maximum Gasteiger partial charge on any atom is 0.261 e. The second kappa shape index (κ2) is 5.85. The summed E-state index contributed by atoms with van der Waals surface area (Å²) in [5.41, 5.74) is 1.63. The standard InChI is InChI=1S/C16H13IN2O2/c1-21-15-5-3-2-4-11(15)9-19-10-18-14-7-6-12(17)8-13(14)16(19)20/h2-8,10H,9H2,1H3. The molecule has 0 saturated heterocycles. The number of fused-ring (bicyclic) bond motifs is 1. The van der Waals surface area contributed by atoms with E-state index >= 15 is 0 Å². The van der Waals surface area contributed by atoms with Crippen molar-refractivity contribution in [3.05, 3.63) is 68.3 Å². The minimum absolute atomic E-state index is 0.0376. The molecule has 0 amide bonds. The monoisotopic (exact) mass is 392 g/mol. The fraction of sp³-hybridized carbons (Fsp3) is 0.125. The summed E-state index contributed by atoms with van der Waals surface area (Å²) in [7, 11) is 1.63. The van der Waals surface area contributed by atoms with Crippen molar-refractivity contribution in [3.63, 3.8) is 0 Å². The van der Waals surface area contributed by atoms with E-state index in [4.69, 9.17) is 4.74 Å². The molecule has 0 atom stereocenters. The molecule has 0 bridgehead atoms. The number of methoxy groups -OCH3 is 1. The number of rotatable bonds is 3. The summed E-state index contributed by atoms with van der Waals surface area (Å²) in [6.07, 6.45) is 1.59. The molecule has 3 rings (SSSR count).